The number of nitrogens with one attached hydrogen (secondary N) is 1. The first-order valence-electron chi connectivity index (χ1n) is 6.86. The summed E-state index contributed by atoms with van der Waals surface area (Å²) in [5.41, 5.74) is 3.32. The predicted molar refractivity (Wildman–Crippen MR) is 85.6 cm³/mol. The Kier molecular flexibility index (Phi) is 4.34. The van der Waals surface area contributed by atoms with Gasteiger partial charge >= 0.3 is 0 Å². The third kappa shape index (κ3) is 3.51. The smallest absolute Gasteiger partial charge is 0.0645 e. The average Bonchev–Trinajstić information content (AvgIpc) is 2.99. The molecule has 0 aliphatic heterocycles. The zero-order valence-electron chi connectivity index (χ0n) is 11.5. The van der Waals surface area contributed by atoms with Gasteiger partial charge in [-0.05, 0) is 23.8 Å². The Morgan fingerprint density at radius 1 is 0.952 bits per heavy atom. The van der Waals surface area contributed by atoms with Gasteiger partial charge in [-0.2, -0.15) is 5.10 Å². The molecule has 0 amide bonds. The summed E-state index contributed by atoms with van der Waals surface area (Å²) >= 11 is 6.13. The topological polar surface area (TPSA) is 29.9 Å². The molecule has 2 aromatic carbocycles. The first-order chi connectivity index (χ1) is 10.3. The number of hydrogen-bond acceptors (Lipinski definition) is 2. The molecule has 3 aromatic rings. The third-order valence-electron chi connectivity index (χ3n) is 3.26. The highest BCUT2D eigenvalue weighted by Gasteiger charge is 2.02. The molecule has 21 heavy (non-hydrogen) atoms. The van der Waals surface area contributed by atoms with Crippen LogP contribution in [0.1, 0.15) is 11.1 Å². The van der Waals surface area contributed by atoms with Crippen molar-refractivity contribution < 1.29 is 0 Å². The molecular weight excluding hydrogens is 282 g/mol. The number of aromatic nitrogens is 2. The molecule has 3 rings (SSSR count). The second-order valence-electron chi connectivity index (χ2n) is 4.82. The summed E-state index contributed by atoms with van der Waals surface area (Å²) in [6, 6.07) is 18.0. The van der Waals surface area contributed by atoms with Crippen molar-refractivity contribution in [3.63, 3.8) is 0 Å². The van der Waals surface area contributed by atoms with Crippen LogP contribution in [0, 0.1) is 0 Å². The van der Waals surface area contributed by atoms with Gasteiger partial charge in [-0.1, -0.05) is 48.0 Å². The Hall–Kier alpha value is -2.10. The lowest BCUT2D eigenvalue weighted by Crippen LogP contribution is -2.12. The molecule has 0 radical (unpaired) electrons. The van der Waals surface area contributed by atoms with E-state index >= 15 is 0 Å². The molecule has 3 nitrogen and oxygen atoms in total. The highest BCUT2D eigenvalue weighted by molar-refractivity contribution is 6.31. The molecule has 1 aromatic heterocycles. The minimum Gasteiger partial charge on any atom is -0.308 e. The molecule has 1 N–H and O–H groups in total. The van der Waals surface area contributed by atoms with Crippen molar-refractivity contribution in [2.75, 3.05) is 0 Å². The van der Waals surface area contributed by atoms with Crippen LogP contribution in [0.3, 0.4) is 0 Å². The van der Waals surface area contributed by atoms with Crippen LogP contribution < -0.4 is 5.32 Å². The van der Waals surface area contributed by atoms with Crippen LogP contribution in [0.4, 0.5) is 0 Å². The highest BCUT2D eigenvalue weighted by atomic mass is 35.5. The Morgan fingerprint density at radius 3 is 2.52 bits per heavy atom. The van der Waals surface area contributed by atoms with E-state index < -0.39 is 0 Å². The molecule has 0 aliphatic carbocycles. The Bertz CT molecular complexity index is 707. The highest BCUT2D eigenvalue weighted by Crippen LogP contribution is 2.14. The van der Waals surface area contributed by atoms with Gasteiger partial charge in [-0.3, -0.25) is 0 Å². The van der Waals surface area contributed by atoms with Crippen LogP contribution in [0.2, 0.25) is 5.02 Å². The molecule has 0 saturated carbocycles. The normalized spacial score (nSPS) is 10.7. The first kappa shape index (κ1) is 13.9. The molecule has 106 valence electrons. The van der Waals surface area contributed by atoms with Crippen LogP contribution in [-0.4, -0.2) is 9.78 Å². The quantitative estimate of drug-likeness (QED) is 0.776. The molecule has 0 unspecified atom stereocenters. The van der Waals surface area contributed by atoms with Gasteiger partial charge in [0.05, 0.1) is 11.9 Å². The standard InChI is InChI=1S/C17H16ClN3/c18-17-9-5-4-6-15(17)12-19-10-14-11-20-21(13-14)16-7-2-1-3-8-16/h1-9,11,13,19H,10,12H2. The summed E-state index contributed by atoms with van der Waals surface area (Å²) in [4.78, 5) is 0. The minimum atomic E-state index is 0.746. The van der Waals surface area contributed by atoms with Gasteiger partial charge in [-0.15, -0.1) is 0 Å². The number of para-hydroxylation sites is 1. The van der Waals surface area contributed by atoms with E-state index in [-0.39, 0.29) is 0 Å². The van der Waals surface area contributed by atoms with Gasteiger partial charge in [0, 0.05) is 29.9 Å². The van der Waals surface area contributed by atoms with Crippen LogP contribution in [0.25, 0.3) is 5.69 Å². The summed E-state index contributed by atoms with van der Waals surface area (Å²) in [7, 11) is 0. The number of halogens is 1. The monoisotopic (exact) mass is 297 g/mol. The van der Waals surface area contributed by atoms with E-state index in [0.29, 0.717) is 0 Å². The lowest BCUT2D eigenvalue weighted by Gasteiger charge is -2.05. The summed E-state index contributed by atoms with van der Waals surface area (Å²) in [5, 5.41) is 8.56. The van der Waals surface area contributed by atoms with Crippen molar-refractivity contribution in [1.82, 2.24) is 15.1 Å². The van der Waals surface area contributed by atoms with E-state index in [0.717, 1.165) is 34.9 Å². The molecule has 0 saturated heterocycles. The van der Waals surface area contributed by atoms with Crippen molar-refractivity contribution in [1.29, 1.82) is 0 Å². The zero-order valence-corrected chi connectivity index (χ0v) is 12.3. The van der Waals surface area contributed by atoms with Crippen LogP contribution >= 0.6 is 11.6 Å². The second kappa shape index (κ2) is 6.57. The maximum atomic E-state index is 6.13. The van der Waals surface area contributed by atoms with Gasteiger partial charge in [0.15, 0.2) is 0 Å². The fourth-order valence-corrected chi connectivity index (χ4v) is 2.36. The van der Waals surface area contributed by atoms with Crippen molar-refractivity contribution in [2.45, 2.75) is 13.1 Å². The molecule has 0 bridgehead atoms. The molecule has 0 aliphatic rings. The Morgan fingerprint density at radius 2 is 1.71 bits per heavy atom. The lowest BCUT2D eigenvalue weighted by atomic mass is 10.2. The van der Waals surface area contributed by atoms with Gasteiger partial charge in [0.1, 0.15) is 0 Å². The number of rotatable bonds is 5. The Labute approximate surface area is 129 Å². The maximum absolute atomic E-state index is 6.13. The maximum Gasteiger partial charge on any atom is 0.0645 e. The molecule has 1 heterocycles. The zero-order chi connectivity index (χ0) is 14.5. The summed E-state index contributed by atoms with van der Waals surface area (Å²) in [6.07, 6.45) is 3.92. The number of benzene rings is 2. The average molecular weight is 298 g/mol. The van der Waals surface area contributed by atoms with E-state index in [2.05, 4.69) is 10.4 Å². The predicted octanol–water partition coefficient (Wildman–Crippen LogP) is 3.82. The fraction of sp³-hybridized carbons (Fsp3) is 0.118. The first-order valence-corrected chi connectivity index (χ1v) is 7.24. The van der Waals surface area contributed by atoms with Crippen molar-refractivity contribution in [3.8, 4) is 5.69 Å². The lowest BCUT2D eigenvalue weighted by molar-refractivity contribution is 0.693. The van der Waals surface area contributed by atoms with E-state index in [1.165, 1.54) is 0 Å². The van der Waals surface area contributed by atoms with Crippen molar-refractivity contribution >= 4 is 11.6 Å². The van der Waals surface area contributed by atoms with Gasteiger partial charge in [-0.25, -0.2) is 4.68 Å². The SMILES string of the molecule is Clc1ccccc1CNCc1cnn(-c2ccccc2)c1. The van der Waals surface area contributed by atoms with Crippen LogP contribution in [-0.2, 0) is 13.1 Å². The van der Waals surface area contributed by atoms with E-state index in [1.54, 1.807) is 0 Å². The summed E-state index contributed by atoms with van der Waals surface area (Å²) < 4.78 is 1.88. The largest absolute Gasteiger partial charge is 0.308 e. The molecule has 0 spiro atoms. The van der Waals surface area contributed by atoms with Crippen molar-refractivity contribution in [2.24, 2.45) is 0 Å². The number of nitrogens with zero attached hydrogens (tertiary/aromatic N) is 2. The van der Waals surface area contributed by atoms with Crippen LogP contribution in [0.5, 0.6) is 0 Å². The van der Waals surface area contributed by atoms with Gasteiger partial charge < -0.3 is 5.32 Å². The van der Waals surface area contributed by atoms with Gasteiger partial charge in [0.25, 0.3) is 0 Å². The van der Waals surface area contributed by atoms with E-state index in [4.69, 9.17) is 11.6 Å². The Balaban J connectivity index is 1.60. The van der Waals surface area contributed by atoms with E-state index in [9.17, 15) is 0 Å². The minimum absolute atomic E-state index is 0.746. The number of hydrogen-bond donors (Lipinski definition) is 1. The molecule has 4 heteroatoms. The van der Waals surface area contributed by atoms with E-state index in [1.807, 2.05) is 71.7 Å². The molecular formula is C17H16ClN3. The molecule has 0 atom stereocenters. The third-order valence-corrected chi connectivity index (χ3v) is 3.63. The van der Waals surface area contributed by atoms with Crippen molar-refractivity contribution in [3.05, 3.63) is 83.1 Å². The van der Waals surface area contributed by atoms with Crippen LogP contribution in [0.15, 0.2) is 67.0 Å². The summed E-state index contributed by atoms with van der Waals surface area (Å²) in [5.74, 6) is 0. The fourth-order valence-electron chi connectivity index (χ4n) is 2.16. The van der Waals surface area contributed by atoms with Gasteiger partial charge in [0.2, 0.25) is 0 Å². The summed E-state index contributed by atoms with van der Waals surface area (Å²) in [6.45, 7) is 1.51. The molecule has 0 fully saturated rings. The second-order valence-corrected chi connectivity index (χ2v) is 5.23.